The third-order valence-electron chi connectivity index (χ3n) is 2.38. The average Bonchev–Trinajstić information content (AvgIpc) is 2.19. The highest BCUT2D eigenvalue weighted by Crippen LogP contribution is 2.14. The zero-order chi connectivity index (χ0) is 12.3. The zero-order valence-corrected chi connectivity index (χ0v) is 10.8. The van der Waals surface area contributed by atoms with Crippen molar-refractivity contribution in [2.24, 2.45) is 0 Å². The molecule has 3 nitrogen and oxygen atoms in total. The SMILES string of the molecule is C=CCc1c(CC)ccc(S(=O)(=O)O)c1[Si]. The van der Waals surface area contributed by atoms with Gasteiger partial charge in [-0.25, -0.2) is 0 Å². The molecule has 0 saturated heterocycles. The molecule has 1 aromatic rings. The fourth-order valence-electron chi connectivity index (χ4n) is 1.59. The van der Waals surface area contributed by atoms with Crippen LogP contribution in [0.2, 0.25) is 0 Å². The molecule has 0 heterocycles. The third-order valence-corrected chi connectivity index (χ3v) is 4.03. The second-order valence-electron chi connectivity index (χ2n) is 3.40. The van der Waals surface area contributed by atoms with Crippen LogP contribution in [0.5, 0.6) is 0 Å². The maximum absolute atomic E-state index is 11.1. The molecule has 0 atom stereocenters. The number of benzene rings is 1. The first-order valence-electron chi connectivity index (χ1n) is 4.86. The van der Waals surface area contributed by atoms with Crippen molar-refractivity contribution in [1.29, 1.82) is 0 Å². The summed E-state index contributed by atoms with van der Waals surface area (Å²) in [4.78, 5) is -0.0989. The summed E-state index contributed by atoms with van der Waals surface area (Å²) in [5.74, 6) is 0. The van der Waals surface area contributed by atoms with Gasteiger partial charge in [0.25, 0.3) is 10.1 Å². The van der Waals surface area contributed by atoms with Crippen molar-refractivity contribution in [3.05, 3.63) is 35.9 Å². The Kier molecular flexibility index (Phi) is 4.07. The normalized spacial score (nSPS) is 11.4. The van der Waals surface area contributed by atoms with E-state index in [1.165, 1.54) is 6.07 Å². The van der Waals surface area contributed by atoms with E-state index in [0.717, 1.165) is 17.5 Å². The van der Waals surface area contributed by atoms with Gasteiger partial charge in [-0.1, -0.05) is 19.1 Å². The molecule has 0 spiro atoms. The highest BCUT2D eigenvalue weighted by atomic mass is 32.2. The topological polar surface area (TPSA) is 54.4 Å². The standard InChI is InChI=1S/C11H13O3SSi/c1-3-5-9-8(4-2)6-7-10(11(9)16)15(12,13)14/h3,6-7H,1,4-5H2,2H3,(H,12,13,14). The second-order valence-corrected chi connectivity index (χ2v) is 5.29. The maximum Gasteiger partial charge on any atom is 0.294 e. The predicted molar refractivity (Wildman–Crippen MR) is 64.9 cm³/mol. The highest BCUT2D eigenvalue weighted by Gasteiger charge is 2.16. The maximum atomic E-state index is 11.1. The number of hydrogen-bond donors (Lipinski definition) is 1. The third kappa shape index (κ3) is 2.61. The first kappa shape index (κ1) is 13.2. The zero-order valence-electron chi connectivity index (χ0n) is 9.03. The molecule has 0 aliphatic heterocycles. The largest absolute Gasteiger partial charge is 0.294 e. The summed E-state index contributed by atoms with van der Waals surface area (Å²) in [5.41, 5.74) is 1.89. The van der Waals surface area contributed by atoms with Crippen LogP contribution in [-0.2, 0) is 23.0 Å². The molecule has 1 aromatic carbocycles. The van der Waals surface area contributed by atoms with E-state index in [-0.39, 0.29) is 4.90 Å². The lowest BCUT2D eigenvalue weighted by atomic mass is 10.0. The summed E-state index contributed by atoms with van der Waals surface area (Å²) in [6.07, 6.45) is 3.06. The van der Waals surface area contributed by atoms with E-state index in [9.17, 15) is 8.42 Å². The number of rotatable bonds is 4. The van der Waals surface area contributed by atoms with Crippen molar-refractivity contribution >= 4 is 25.5 Å². The Balaban J connectivity index is 3.49. The molecular formula is C11H13O3SSi. The first-order chi connectivity index (χ1) is 7.41. The van der Waals surface area contributed by atoms with Gasteiger partial charge in [-0.2, -0.15) is 8.42 Å². The molecule has 0 amide bonds. The molecule has 0 bridgehead atoms. The van der Waals surface area contributed by atoms with Gasteiger partial charge in [0.2, 0.25) is 0 Å². The van der Waals surface area contributed by atoms with Crippen LogP contribution < -0.4 is 5.19 Å². The summed E-state index contributed by atoms with van der Waals surface area (Å²) in [5, 5.41) is 0.418. The quantitative estimate of drug-likeness (QED) is 0.495. The van der Waals surface area contributed by atoms with Crippen LogP contribution in [0, 0.1) is 0 Å². The van der Waals surface area contributed by atoms with Crippen LogP contribution in [0.1, 0.15) is 18.1 Å². The van der Waals surface area contributed by atoms with Gasteiger partial charge in [0.05, 0.1) is 15.1 Å². The van der Waals surface area contributed by atoms with Gasteiger partial charge in [-0.15, -0.1) is 6.58 Å². The molecule has 3 radical (unpaired) electrons. The average molecular weight is 253 g/mol. The van der Waals surface area contributed by atoms with Crippen molar-refractivity contribution in [3.8, 4) is 0 Å². The summed E-state index contributed by atoms with van der Waals surface area (Å²) >= 11 is 0. The Labute approximate surface area is 99.4 Å². The lowest BCUT2D eigenvalue weighted by Crippen LogP contribution is -2.21. The molecule has 85 valence electrons. The minimum absolute atomic E-state index is 0.0989. The van der Waals surface area contributed by atoms with Crippen LogP contribution in [0.25, 0.3) is 0 Å². The fourth-order valence-corrected chi connectivity index (χ4v) is 2.95. The van der Waals surface area contributed by atoms with Crippen LogP contribution in [0.4, 0.5) is 0 Å². The van der Waals surface area contributed by atoms with Gasteiger partial charge in [-0.05, 0) is 35.2 Å². The first-order valence-corrected chi connectivity index (χ1v) is 6.80. The molecular weight excluding hydrogens is 240 g/mol. The Morgan fingerprint density at radius 1 is 1.50 bits per heavy atom. The number of allylic oxidation sites excluding steroid dienone is 1. The lowest BCUT2D eigenvalue weighted by molar-refractivity contribution is 0.484. The van der Waals surface area contributed by atoms with Crippen molar-refractivity contribution in [1.82, 2.24) is 0 Å². The summed E-state index contributed by atoms with van der Waals surface area (Å²) in [6.45, 7) is 5.62. The summed E-state index contributed by atoms with van der Waals surface area (Å²) in [6, 6.07) is 3.12. The van der Waals surface area contributed by atoms with Crippen LogP contribution in [0.15, 0.2) is 29.7 Å². The van der Waals surface area contributed by atoms with Crippen LogP contribution in [0.3, 0.4) is 0 Å². The van der Waals surface area contributed by atoms with Crippen molar-refractivity contribution in [3.63, 3.8) is 0 Å². The fraction of sp³-hybridized carbons (Fsp3) is 0.273. The van der Waals surface area contributed by atoms with Crippen LogP contribution >= 0.6 is 0 Å². The molecule has 0 aliphatic rings. The Bertz CT molecular complexity index is 506. The van der Waals surface area contributed by atoms with Crippen molar-refractivity contribution < 1.29 is 13.0 Å². The molecule has 0 fully saturated rings. The lowest BCUT2D eigenvalue weighted by Gasteiger charge is -2.12. The molecule has 0 aliphatic carbocycles. The van der Waals surface area contributed by atoms with Gasteiger partial charge in [-0.3, -0.25) is 4.55 Å². The highest BCUT2D eigenvalue weighted by molar-refractivity contribution is 7.86. The number of hydrogen-bond acceptors (Lipinski definition) is 2. The van der Waals surface area contributed by atoms with Crippen molar-refractivity contribution in [2.75, 3.05) is 0 Å². The van der Waals surface area contributed by atoms with Gasteiger partial charge in [0.1, 0.15) is 0 Å². The Morgan fingerprint density at radius 2 is 2.12 bits per heavy atom. The Hall–Kier alpha value is -0.913. The molecule has 5 heteroatoms. The van der Waals surface area contributed by atoms with Crippen molar-refractivity contribution in [2.45, 2.75) is 24.7 Å². The predicted octanol–water partition coefficient (Wildman–Crippen LogP) is 1.02. The van der Waals surface area contributed by atoms with Crippen LogP contribution in [-0.4, -0.2) is 23.2 Å². The molecule has 0 aromatic heterocycles. The van der Waals surface area contributed by atoms with Gasteiger partial charge >= 0.3 is 0 Å². The van der Waals surface area contributed by atoms with Gasteiger partial charge in [0.15, 0.2) is 0 Å². The summed E-state index contributed by atoms with van der Waals surface area (Å²) in [7, 11) is -0.903. The van der Waals surface area contributed by atoms with E-state index in [0.29, 0.717) is 11.6 Å². The molecule has 16 heavy (non-hydrogen) atoms. The van der Waals surface area contributed by atoms with E-state index in [1.54, 1.807) is 12.1 Å². The monoisotopic (exact) mass is 253 g/mol. The van der Waals surface area contributed by atoms with E-state index < -0.39 is 10.1 Å². The van der Waals surface area contributed by atoms with E-state index in [1.807, 2.05) is 6.92 Å². The number of aryl methyl sites for hydroxylation is 1. The minimum Gasteiger partial charge on any atom is -0.282 e. The van der Waals surface area contributed by atoms with E-state index in [4.69, 9.17) is 4.55 Å². The molecule has 0 saturated carbocycles. The minimum atomic E-state index is -4.18. The van der Waals surface area contributed by atoms with E-state index in [2.05, 4.69) is 16.8 Å². The second kappa shape index (κ2) is 4.95. The van der Waals surface area contributed by atoms with Gasteiger partial charge < -0.3 is 0 Å². The summed E-state index contributed by atoms with van der Waals surface area (Å²) < 4.78 is 31.3. The van der Waals surface area contributed by atoms with E-state index >= 15 is 0 Å². The Morgan fingerprint density at radius 3 is 2.56 bits per heavy atom. The smallest absolute Gasteiger partial charge is 0.282 e. The van der Waals surface area contributed by atoms with Gasteiger partial charge in [0, 0.05) is 0 Å². The molecule has 1 N–H and O–H groups in total. The molecule has 1 rings (SSSR count). The molecule has 0 unspecified atom stereocenters.